The largest absolute Gasteiger partial charge is 0.331 e. The fourth-order valence-corrected chi connectivity index (χ4v) is 5.31. The zero-order chi connectivity index (χ0) is 18.6. The highest BCUT2D eigenvalue weighted by atomic mass is 32.2. The summed E-state index contributed by atoms with van der Waals surface area (Å²) in [4.78, 5) is 14.2. The van der Waals surface area contributed by atoms with E-state index in [-0.39, 0.29) is 18.1 Å². The number of piperidine rings is 1. The Kier molecular flexibility index (Phi) is 5.95. The topological polar surface area (TPSA) is 78.5 Å². The number of hydrogen-bond acceptors (Lipinski definition) is 4. The molecule has 2 amide bonds. The molecule has 1 aliphatic rings. The third kappa shape index (κ3) is 4.63. The van der Waals surface area contributed by atoms with E-state index in [2.05, 4.69) is 10.0 Å². The first kappa shape index (κ1) is 18.9. The lowest BCUT2D eigenvalue weighted by atomic mass is 10.1. The van der Waals surface area contributed by atoms with Gasteiger partial charge in [-0.3, -0.25) is 0 Å². The van der Waals surface area contributed by atoms with Crippen LogP contribution in [0.2, 0.25) is 0 Å². The van der Waals surface area contributed by atoms with E-state index in [1.165, 1.54) is 11.3 Å². The maximum Gasteiger partial charge on any atom is 0.317 e. The molecule has 0 saturated carbocycles. The van der Waals surface area contributed by atoms with Crippen molar-refractivity contribution in [2.24, 2.45) is 0 Å². The van der Waals surface area contributed by atoms with E-state index in [4.69, 9.17) is 0 Å². The molecule has 1 fully saturated rings. The van der Waals surface area contributed by atoms with Gasteiger partial charge in [-0.15, -0.1) is 11.3 Å². The lowest BCUT2D eigenvalue weighted by molar-refractivity contribution is 0.177. The van der Waals surface area contributed by atoms with Crippen LogP contribution in [-0.2, 0) is 10.0 Å². The van der Waals surface area contributed by atoms with Crippen LogP contribution in [0.1, 0.15) is 31.4 Å². The van der Waals surface area contributed by atoms with Crippen LogP contribution < -0.4 is 10.0 Å². The molecule has 0 radical (unpaired) electrons. The molecule has 0 bridgehead atoms. The number of carbonyl (C=O) groups is 1. The van der Waals surface area contributed by atoms with Crippen LogP contribution in [0.15, 0.2) is 52.1 Å². The molecule has 1 aromatic heterocycles. The number of sulfonamides is 1. The van der Waals surface area contributed by atoms with Gasteiger partial charge < -0.3 is 10.2 Å². The van der Waals surface area contributed by atoms with Gasteiger partial charge in [-0.25, -0.2) is 17.9 Å². The van der Waals surface area contributed by atoms with Crippen LogP contribution in [0, 0.1) is 0 Å². The zero-order valence-corrected chi connectivity index (χ0v) is 16.2. The summed E-state index contributed by atoms with van der Waals surface area (Å²) in [5.41, 5.74) is 1.06. The molecule has 1 aromatic carbocycles. The van der Waals surface area contributed by atoms with Crippen molar-refractivity contribution in [3.63, 3.8) is 0 Å². The van der Waals surface area contributed by atoms with E-state index in [9.17, 15) is 13.2 Å². The molecule has 0 unspecified atom stereocenters. The molecule has 0 aliphatic carbocycles. The van der Waals surface area contributed by atoms with Crippen molar-refractivity contribution in [2.45, 2.75) is 36.1 Å². The van der Waals surface area contributed by atoms with Crippen LogP contribution in [0.3, 0.4) is 0 Å². The van der Waals surface area contributed by atoms with Crippen molar-refractivity contribution in [1.29, 1.82) is 0 Å². The standard InChI is InChI=1S/C18H23N3O3S2/c1-14(15-6-3-2-4-7-15)19-18(22)21-11-9-16(10-12-21)20-26(23,24)17-8-5-13-25-17/h2-8,13-14,16,20H,9-12H2,1H3,(H,19,22)/t14-/m1/s1. The molecule has 2 aromatic rings. The zero-order valence-electron chi connectivity index (χ0n) is 14.6. The Morgan fingerprint density at radius 2 is 1.85 bits per heavy atom. The number of nitrogens with zero attached hydrogens (tertiary/aromatic N) is 1. The number of benzene rings is 1. The molecule has 1 atom stereocenters. The van der Waals surface area contributed by atoms with E-state index < -0.39 is 10.0 Å². The van der Waals surface area contributed by atoms with Gasteiger partial charge in [0.2, 0.25) is 10.0 Å². The van der Waals surface area contributed by atoms with E-state index in [1.807, 2.05) is 37.3 Å². The summed E-state index contributed by atoms with van der Waals surface area (Å²) in [5.74, 6) is 0. The number of thiophene rings is 1. The third-order valence-electron chi connectivity index (χ3n) is 4.50. The maximum atomic E-state index is 12.4. The van der Waals surface area contributed by atoms with Gasteiger partial charge in [0.15, 0.2) is 0 Å². The van der Waals surface area contributed by atoms with Crippen LogP contribution in [0.25, 0.3) is 0 Å². The fraction of sp³-hybridized carbons (Fsp3) is 0.389. The highest BCUT2D eigenvalue weighted by Gasteiger charge is 2.27. The van der Waals surface area contributed by atoms with Gasteiger partial charge in [0.05, 0.1) is 6.04 Å². The van der Waals surface area contributed by atoms with Crippen LogP contribution in [-0.4, -0.2) is 38.5 Å². The van der Waals surface area contributed by atoms with Crippen molar-refractivity contribution >= 4 is 27.4 Å². The molecule has 6 nitrogen and oxygen atoms in total. The quantitative estimate of drug-likeness (QED) is 0.820. The Bertz CT molecular complexity index is 815. The normalized spacial score (nSPS) is 17.0. The monoisotopic (exact) mass is 393 g/mol. The number of rotatable bonds is 5. The summed E-state index contributed by atoms with van der Waals surface area (Å²) >= 11 is 1.20. The molecule has 3 rings (SSSR count). The molecule has 1 saturated heterocycles. The predicted molar refractivity (Wildman–Crippen MR) is 103 cm³/mol. The molecular weight excluding hydrogens is 370 g/mol. The summed E-state index contributed by atoms with van der Waals surface area (Å²) in [5, 5.41) is 4.75. The Morgan fingerprint density at radius 3 is 2.46 bits per heavy atom. The average molecular weight is 394 g/mol. The highest BCUT2D eigenvalue weighted by molar-refractivity contribution is 7.91. The number of nitrogens with one attached hydrogen (secondary N) is 2. The summed E-state index contributed by atoms with van der Waals surface area (Å²) in [6.07, 6.45) is 1.22. The highest BCUT2D eigenvalue weighted by Crippen LogP contribution is 2.19. The number of hydrogen-bond donors (Lipinski definition) is 2. The Labute approximate surface area is 158 Å². The van der Waals surface area contributed by atoms with E-state index >= 15 is 0 Å². The van der Waals surface area contributed by atoms with Gasteiger partial charge >= 0.3 is 6.03 Å². The minimum absolute atomic E-state index is 0.0706. The second kappa shape index (κ2) is 8.20. The minimum atomic E-state index is -3.46. The molecular formula is C18H23N3O3S2. The minimum Gasteiger partial charge on any atom is -0.331 e. The summed E-state index contributed by atoms with van der Waals surface area (Å²) < 4.78 is 27.6. The smallest absolute Gasteiger partial charge is 0.317 e. The average Bonchev–Trinajstić information content (AvgIpc) is 3.18. The van der Waals surface area contributed by atoms with Gasteiger partial charge in [-0.05, 0) is 36.8 Å². The van der Waals surface area contributed by atoms with E-state index in [1.54, 1.807) is 22.4 Å². The van der Waals surface area contributed by atoms with Crippen LogP contribution in [0.4, 0.5) is 4.79 Å². The van der Waals surface area contributed by atoms with Gasteiger partial charge in [0.25, 0.3) is 0 Å². The summed E-state index contributed by atoms with van der Waals surface area (Å²) in [7, 11) is -3.46. The lowest BCUT2D eigenvalue weighted by Crippen LogP contribution is -2.49. The molecule has 2 heterocycles. The van der Waals surface area contributed by atoms with Gasteiger partial charge in [-0.1, -0.05) is 36.4 Å². The van der Waals surface area contributed by atoms with E-state index in [0.29, 0.717) is 30.1 Å². The van der Waals surface area contributed by atoms with E-state index in [0.717, 1.165) is 5.56 Å². The summed E-state index contributed by atoms with van der Waals surface area (Å²) in [6, 6.07) is 12.8. The van der Waals surface area contributed by atoms with Crippen molar-refractivity contribution in [3.05, 3.63) is 53.4 Å². The van der Waals surface area contributed by atoms with Gasteiger partial charge in [0, 0.05) is 19.1 Å². The van der Waals surface area contributed by atoms with Crippen molar-refractivity contribution < 1.29 is 13.2 Å². The van der Waals surface area contributed by atoms with Gasteiger partial charge in [0.1, 0.15) is 4.21 Å². The molecule has 2 N–H and O–H groups in total. The number of urea groups is 1. The first-order chi connectivity index (χ1) is 12.5. The second-order valence-electron chi connectivity index (χ2n) is 6.40. The first-order valence-corrected chi connectivity index (χ1v) is 11.0. The van der Waals surface area contributed by atoms with Crippen molar-refractivity contribution in [1.82, 2.24) is 14.9 Å². The molecule has 26 heavy (non-hydrogen) atoms. The lowest BCUT2D eigenvalue weighted by Gasteiger charge is -2.33. The molecule has 0 spiro atoms. The maximum absolute atomic E-state index is 12.4. The van der Waals surface area contributed by atoms with Crippen molar-refractivity contribution in [2.75, 3.05) is 13.1 Å². The summed E-state index contributed by atoms with van der Waals surface area (Å²) in [6.45, 7) is 3.02. The fourth-order valence-electron chi connectivity index (χ4n) is 3.00. The SMILES string of the molecule is C[C@@H](NC(=O)N1CCC(NS(=O)(=O)c2cccs2)CC1)c1ccccc1. The van der Waals surface area contributed by atoms with Gasteiger partial charge in [-0.2, -0.15) is 0 Å². The predicted octanol–water partition coefficient (Wildman–Crippen LogP) is 2.96. The Balaban J connectivity index is 1.50. The first-order valence-electron chi connectivity index (χ1n) is 8.62. The van der Waals surface area contributed by atoms with Crippen LogP contribution in [0.5, 0.6) is 0 Å². The second-order valence-corrected chi connectivity index (χ2v) is 9.29. The van der Waals surface area contributed by atoms with Crippen molar-refractivity contribution in [3.8, 4) is 0 Å². The number of amides is 2. The molecule has 1 aliphatic heterocycles. The third-order valence-corrected chi connectivity index (χ3v) is 7.42. The molecule has 8 heteroatoms. The Morgan fingerprint density at radius 1 is 1.15 bits per heavy atom. The van der Waals surface area contributed by atoms with Crippen LogP contribution >= 0.6 is 11.3 Å². The number of likely N-dealkylation sites (tertiary alicyclic amines) is 1. The molecule has 140 valence electrons. The number of carbonyl (C=O) groups excluding carboxylic acids is 1. The Hall–Kier alpha value is -1.90.